The molecule has 4 aromatic rings. The Morgan fingerprint density at radius 1 is 1.04 bits per heavy atom. The second-order valence-corrected chi connectivity index (χ2v) is 6.07. The molecule has 5 rings (SSSR count). The van der Waals surface area contributed by atoms with Gasteiger partial charge in [0.2, 0.25) is 18.5 Å². The van der Waals surface area contributed by atoms with Gasteiger partial charge in [0.25, 0.3) is 0 Å². The fourth-order valence-electron chi connectivity index (χ4n) is 3.01. The summed E-state index contributed by atoms with van der Waals surface area (Å²) < 4.78 is 18.3. The van der Waals surface area contributed by atoms with Crippen LogP contribution in [0.4, 0.5) is 0 Å². The third-order valence-electron chi connectivity index (χ3n) is 4.41. The number of nitrogens with zero attached hydrogens (tertiary/aromatic N) is 5. The summed E-state index contributed by atoms with van der Waals surface area (Å²) in [6.45, 7) is 2.22. The summed E-state index contributed by atoms with van der Waals surface area (Å²) in [5.74, 6) is 3.17. The minimum Gasteiger partial charge on any atom is -0.454 e. The first kappa shape index (κ1) is 15.6. The van der Waals surface area contributed by atoms with Crippen LogP contribution in [0.15, 0.2) is 59.5 Å². The van der Waals surface area contributed by atoms with Crippen LogP contribution in [0.2, 0.25) is 0 Å². The van der Waals surface area contributed by atoms with Crippen molar-refractivity contribution in [3.63, 3.8) is 0 Å². The minimum atomic E-state index is -0.196. The Hall–Kier alpha value is -3.68. The maximum absolute atomic E-state index is 5.48. The zero-order valence-corrected chi connectivity index (χ0v) is 14.4. The normalized spacial score (nSPS) is 13.7. The molecule has 27 heavy (non-hydrogen) atoms. The van der Waals surface area contributed by atoms with Crippen LogP contribution in [0.5, 0.6) is 11.5 Å². The van der Waals surface area contributed by atoms with Crippen molar-refractivity contribution in [2.75, 3.05) is 6.79 Å². The van der Waals surface area contributed by atoms with Crippen LogP contribution < -0.4 is 9.47 Å². The summed E-state index contributed by atoms with van der Waals surface area (Å²) in [6, 6.07) is 11.1. The SMILES string of the molecule is CC(c1nc(-c2ccccn2)no1)n1ccnc1-c1ccc2c(c1)OCO2. The smallest absolute Gasteiger partial charge is 0.249 e. The molecular weight excluding hydrogens is 346 g/mol. The Balaban J connectivity index is 1.48. The molecule has 0 saturated carbocycles. The fraction of sp³-hybridized carbons (Fsp3) is 0.158. The van der Waals surface area contributed by atoms with Crippen LogP contribution >= 0.6 is 0 Å². The summed E-state index contributed by atoms with van der Waals surface area (Å²) >= 11 is 0. The maximum Gasteiger partial charge on any atom is 0.249 e. The van der Waals surface area contributed by atoms with Crippen molar-refractivity contribution in [3.05, 3.63) is 60.9 Å². The van der Waals surface area contributed by atoms with Gasteiger partial charge in [0.15, 0.2) is 11.5 Å². The van der Waals surface area contributed by atoms with Crippen LogP contribution in [0.25, 0.3) is 22.9 Å². The number of hydrogen-bond donors (Lipinski definition) is 0. The van der Waals surface area contributed by atoms with Gasteiger partial charge in [0.1, 0.15) is 17.6 Å². The molecule has 1 aliphatic rings. The molecular formula is C19H15N5O3. The number of aromatic nitrogens is 5. The number of ether oxygens (including phenoxy) is 2. The predicted octanol–water partition coefficient (Wildman–Crippen LogP) is 3.33. The van der Waals surface area contributed by atoms with Crippen LogP contribution in [-0.4, -0.2) is 31.5 Å². The van der Waals surface area contributed by atoms with Crippen molar-refractivity contribution in [1.29, 1.82) is 0 Å². The van der Waals surface area contributed by atoms with Gasteiger partial charge in [-0.05, 0) is 37.3 Å². The number of benzene rings is 1. The predicted molar refractivity (Wildman–Crippen MR) is 95.1 cm³/mol. The monoisotopic (exact) mass is 361 g/mol. The third kappa shape index (κ3) is 2.71. The number of rotatable bonds is 4. The number of pyridine rings is 1. The van der Waals surface area contributed by atoms with E-state index in [-0.39, 0.29) is 12.8 Å². The molecule has 1 unspecified atom stereocenters. The summed E-state index contributed by atoms with van der Waals surface area (Å²) in [4.78, 5) is 13.2. The molecule has 1 aliphatic heterocycles. The molecule has 4 heterocycles. The summed E-state index contributed by atoms with van der Waals surface area (Å²) in [5.41, 5.74) is 1.59. The van der Waals surface area contributed by atoms with Gasteiger partial charge in [0, 0.05) is 24.2 Å². The lowest BCUT2D eigenvalue weighted by atomic mass is 10.2. The lowest BCUT2D eigenvalue weighted by Crippen LogP contribution is -2.08. The first-order valence-electron chi connectivity index (χ1n) is 8.47. The highest BCUT2D eigenvalue weighted by Gasteiger charge is 2.22. The van der Waals surface area contributed by atoms with Crippen molar-refractivity contribution in [2.24, 2.45) is 0 Å². The quantitative estimate of drug-likeness (QED) is 0.551. The third-order valence-corrected chi connectivity index (χ3v) is 4.41. The molecule has 0 saturated heterocycles. The molecule has 134 valence electrons. The Bertz CT molecular complexity index is 1090. The lowest BCUT2D eigenvalue weighted by molar-refractivity contribution is 0.174. The van der Waals surface area contributed by atoms with E-state index >= 15 is 0 Å². The van der Waals surface area contributed by atoms with Gasteiger partial charge in [-0.3, -0.25) is 4.98 Å². The second-order valence-electron chi connectivity index (χ2n) is 6.07. The van der Waals surface area contributed by atoms with E-state index in [1.807, 2.05) is 54.1 Å². The van der Waals surface area contributed by atoms with Gasteiger partial charge in [-0.2, -0.15) is 4.98 Å². The van der Waals surface area contributed by atoms with Crippen molar-refractivity contribution in [2.45, 2.75) is 13.0 Å². The van der Waals surface area contributed by atoms with Crippen LogP contribution in [0.3, 0.4) is 0 Å². The van der Waals surface area contributed by atoms with E-state index in [1.54, 1.807) is 12.4 Å². The lowest BCUT2D eigenvalue weighted by Gasteiger charge is -2.13. The largest absolute Gasteiger partial charge is 0.454 e. The Labute approximate surface area is 154 Å². The first-order chi connectivity index (χ1) is 13.3. The summed E-state index contributed by atoms with van der Waals surface area (Å²) in [6.07, 6.45) is 5.32. The molecule has 0 aliphatic carbocycles. The molecule has 0 N–H and O–H groups in total. The minimum absolute atomic E-state index is 0.196. The molecule has 8 nitrogen and oxygen atoms in total. The van der Waals surface area contributed by atoms with Crippen LogP contribution in [0, 0.1) is 0 Å². The second kappa shape index (κ2) is 6.24. The van der Waals surface area contributed by atoms with Crippen LogP contribution in [0.1, 0.15) is 18.9 Å². The number of fused-ring (bicyclic) bond motifs is 1. The van der Waals surface area contributed by atoms with E-state index in [9.17, 15) is 0 Å². The van der Waals surface area contributed by atoms with Gasteiger partial charge in [0.05, 0.1) is 0 Å². The first-order valence-corrected chi connectivity index (χ1v) is 8.47. The topological polar surface area (TPSA) is 88.1 Å². The summed E-state index contributed by atoms with van der Waals surface area (Å²) in [5, 5.41) is 4.05. The average molecular weight is 361 g/mol. The Morgan fingerprint density at radius 2 is 1.96 bits per heavy atom. The van der Waals surface area contributed by atoms with Gasteiger partial charge >= 0.3 is 0 Å². The number of hydrogen-bond acceptors (Lipinski definition) is 7. The van der Waals surface area contributed by atoms with Crippen molar-refractivity contribution >= 4 is 0 Å². The van der Waals surface area contributed by atoms with Crippen molar-refractivity contribution < 1.29 is 14.0 Å². The van der Waals surface area contributed by atoms with E-state index in [2.05, 4.69) is 20.1 Å². The molecule has 8 heteroatoms. The fourth-order valence-corrected chi connectivity index (χ4v) is 3.01. The highest BCUT2D eigenvalue weighted by molar-refractivity contribution is 5.62. The molecule has 1 atom stereocenters. The average Bonchev–Trinajstić information content (AvgIpc) is 3.47. The van der Waals surface area contributed by atoms with E-state index < -0.39 is 0 Å². The van der Waals surface area contributed by atoms with Gasteiger partial charge in [-0.25, -0.2) is 4.98 Å². The van der Waals surface area contributed by atoms with E-state index in [1.165, 1.54) is 0 Å². The van der Waals surface area contributed by atoms with E-state index in [4.69, 9.17) is 14.0 Å². The van der Waals surface area contributed by atoms with Crippen molar-refractivity contribution in [1.82, 2.24) is 24.7 Å². The molecule has 0 fully saturated rings. The van der Waals surface area contributed by atoms with Crippen LogP contribution in [-0.2, 0) is 0 Å². The zero-order valence-electron chi connectivity index (χ0n) is 14.4. The standard InChI is InChI=1S/C19H15N5O3/c1-12(19-22-17(23-27-19)14-4-2-3-7-20-14)24-9-8-21-18(24)13-5-6-15-16(10-13)26-11-25-15/h2-10,12H,11H2,1H3. The molecule has 0 radical (unpaired) electrons. The Morgan fingerprint density at radius 3 is 2.85 bits per heavy atom. The van der Waals surface area contributed by atoms with E-state index in [0.29, 0.717) is 23.2 Å². The molecule has 0 spiro atoms. The van der Waals surface area contributed by atoms with E-state index in [0.717, 1.165) is 17.1 Å². The van der Waals surface area contributed by atoms with Gasteiger partial charge in [-0.15, -0.1) is 0 Å². The maximum atomic E-state index is 5.48. The molecule has 0 amide bonds. The highest BCUT2D eigenvalue weighted by Crippen LogP contribution is 2.36. The highest BCUT2D eigenvalue weighted by atomic mass is 16.7. The molecule has 0 bridgehead atoms. The van der Waals surface area contributed by atoms with Gasteiger partial charge < -0.3 is 18.6 Å². The molecule has 3 aromatic heterocycles. The van der Waals surface area contributed by atoms with Gasteiger partial charge in [-0.1, -0.05) is 11.2 Å². The summed E-state index contributed by atoms with van der Waals surface area (Å²) in [7, 11) is 0. The van der Waals surface area contributed by atoms with Crippen molar-refractivity contribution in [3.8, 4) is 34.4 Å². The zero-order chi connectivity index (χ0) is 18.2. The number of imidazole rings is 1. The molecule has 1 aromatic carbocycles. The Kier molecular flexibility index (Phi) is 3.60.